The minimum absolute atomic E-state index is 0.345. The summed E-state index contributed by atoms with van der Waals surface area (Å²) in [6.45, 7) is 1.31. The fraction of sp³-hybridized carbons (Fsp3) is 0.412. The van der Waals surface area contributed by atoms with Gasteiger partial charge in [-0.1, -0.05) is 24.0 Å². The Bertz CT molecular complexity index is 621. The van der Waals surface area contributed by atoms with E-state index in [1.54, 1.807) is 24.3 Å². The van der Waals surface area contributed by atoms with Gasteiger partial charge in [0.1, 0.15) is 5.41 Å². The van der Waals surface area contributed by atoms with E-state index >= 15 is 0 Å². The Morgan fingerprint density at radius 2 is 2.00 bits per heavy atom. The molecule has 1 unspecified atom stereocenters. The van der Waals surface area contributed by atoms with Gasteiger partial charge in [-0.25, -0.2) is 4.79 Å². The third kappa shape index (κ3) is 3.29. The average molecular weight is 301 g/mol. The first kappa shape index (κ1) is 16.1. The van der Waals surface area contributed by atoms with E-state index in [9.17, 15) is 9.59 Å². The molecule has 0 amide bonds. The lowest BCUT2D eigenvalue weighted by Gasteiger charge is -2.30. The fourth-order valence-electron chi connectivity index (χ4n) is 2.50. The van der Waals surface area contributed by atoms with Crippen molar-refractivity contribution in [3.8, 4) is 11.8 Å². The SMILES string of the molecule is COC(=O)c1ccccc1C#CC1(C(=O)OC)CCCNC1. The Labute approximate surface area is 130 Å². The molecule has 0 spiro atoms. The lowest BCUT2D eigenvalue weighted by molar-refractivity contribution is -0.150. The Hall–Kier alpha value is -2.32. The zero-order chi connectivity index (χ0) is 16.0. The molecule has 0 radical (unpaired) electrons. The predicted octanol–water partition coefficient (Wildman–Crippen LogP) is 1.37. The van der Waals surface area contributed by atoms with E-state index in [1.807, 2.05) is 0 Å². The van der Waals surface area contributed by atoms with Crippen LogP contribution in [0.3, 0.4) is 0 Å². The highest BCUT2D eigenvalue weighted by atomic mass is 16.5. The zero-order valence-corrected chi connectivity index (χ0v) is 12.8. The Balaban J connectivity index is 2.38. The van der Waals surface area contributed by atoms with Crippen LogP contribution in [0, 0.1) is 17.3 Å². The normalized spacial score (nSPS) is 20.5. The van der Waals surface area contributed by atoms with Crippen LogP contribution < -0.4 is 5.32 Å². The molecule has 2 rings (SSSR count). The van der Waals surface area contributed by atoms with Gasteiger partial charge in [0.15, 0.2) is 0 Å². The van der Waals surface area contributed by atoms with Crippen LogP contribution >= 0.6 is 0 Å². The molecule has 22 heavy (non-hydrogen) atoms. The van der Waals surface area contributed by atoms with Crippen LogP contribution in [-0.4, -0.2) is 39.2 Å². The van der Waals surface area contributed by atoms with Gasteiger partial charge in [-0.05, 0) is 31.5 Å². The van der Waals surface area contributed by atoms with Gasteiger partial charge in [0.2, 0.25) is 0 Å². The minimum atomic E-state index is -0.865. The summed E-state index contributed by atoms with van der Waals surface area (Å²) in [5.41, 5.74) is 0.0699. The molecule has 1 N–H and O–H groups in total. The Morgan fingerprint density at radius 3 is 2.64 bits per heavy atom. The van der Waals surface area contributed by atoms with Crippen LogP contribution in [0.5, 0.6) is 0 Å². The van der Waals surface area contributed by atoms with Gasteiger partial charge in [0.05, 0.1) is 19.8 Å². The first-order valence-corrected chi connectivity index (χ1v) is 7.12. The van der Waals surface area contributed by atoms with Crippen molar-refractivity contribution in [3.05, 3.63) is 35.4 Å². The number of nitrogens with one attached hydrogen (secondary N) is 1. The molecular weight excluding hydrogens is 282 g/mol. The number of piperidine rings is 1. The summed E-state index contributed by atoms with van der Waals surface area (Å²) in [4.78, 5) is 23.9. The Kier molecular flexibility index (Phi) is 5.18. The van der Waals surface area contributed by atoms with Crippen molar-refractivity contribution in [2.45, 2.75) is 12.8 Å². The first-order chi connectivity index (χ1) is 10.6. The highest BCUT2D eigenvalue weighted by Crippen LogP contribution is 2.27. The topological polar surface area (TPSA) is 64.6 Å². The summed E-state index contributed by atoms with van der Waals surface area (Å²) < 4.78 is 9.66. The number of esters is 2. The van der Waals surface area contributed by atoms with Gasteiger partial charge >= 0.3 is 11.9 Å². The fourth-order valence-corrected chi connectivity index (χ4v) is 2.50. The average Bonchev–Trinajstić information content (AvgIpc) is 2.59. The number of hydrogen-bond donors (Lipinski definition) is 1. The number of carbonyl (C=O) groups is 2. The first-order valence-electron chi connectivity index (χ1n) is 7.12. The van der Waals surface area contributed by atoms with Gasteiger partial charge < -0.3 is 14.8 Å². The van der Waals surface area contributed by atoms with Crippen molar-refractivity contribution >= 4 is 11.9 Å². The number of hydrogen-bond acceptors (Lipinski definition) is 5. The van der Waals surface area contributed by atoms with Crippen LogP contribution in [0.2, 0.25) is 0 Å². The van der Waals surface area contributed by atoms with Crippen LogP contribution in [0.4, 0.5) is 0 Å². The third-order valence-electron chi connectivity index (χ3n) is 3.73. The molecule has 1 atom stereocenters. The number of benzene rings is 1. The van der Waals surface area contributed by atoms with Crippen LogP contribution in [0.25, 0.3) is 0 Å². The smallest absolute Gasteiger partial charge is 0.339 e. The molecular formula is C17H19NO4. The molecule has 1 aromatic rings. The molecule has 0 saturated carbocycles. The Morgan fingerprint density at radius 1 is 1.23 bits per heavy atom. The van der Waals surface area contributed by atoms with Gasteiger partial charge in [0.25, 0.3) is 0 Å². The van der Waals surface area contributed by atoms with E-state index in [1.165, 1.54) is 14.2 Å². The van der Waals surface area contributed by atoms with Crippen LogP contribution in [0.1, 0.15) is 28.8 Å². The number of rotatable bonds is 2. The molecule has 5 heteroatoms. The van der Waals surface area contributed by atoms with Crippen molar-refractivity contribution in [2.75, 3.05) is 27.3 Å². The van der Waals surface area contributed by atoms with Crippen LogP contribution in [-0.2, 0) is 14.3 Å². The van der Waals surface area contributed by atoms with Crippen molar-refractivity contribution in [2.24, 2.45) is 5.41 Å². The maximum absolute atomic E-state index is 12.1. The molecule has 0 aliphatic carbocycles. The monoisotopic (exact) mass is 301 g/mol. The van der Waals surface area contributed by atoms with E-state index in [0.717, 1.165) is 13.0 Å². The number of ether oxygens (including phenoxy) is 2. The molecule has 1 aliphatic heterocycles. The minimum Gasteiger partial charge on any atom is -0.468 e. The summed E-state index contributed by atoms with van der Waals surface area (Å²) in [7, 11) is 2.69. The highest BCUT2D eigenvalue weighted by molar-refractivity contribution is 5.92. The molecule has 0 aromatic heterocycles. The van der Waals surface area contributed by atoms with E-state index in [0.29, 0.717) is 24.1 Å². The predicted molar refractivity (Wildman–Crippen MR) is 81.2 cm³/mol. The summed E-state index contributed by atoms with van der Waals surface area (Å²) in [6, 6.07) is 6.93. The summed E-state index contributed by atoms with van der Waals surface area (Å²) in [6.07, 6.45) is 1.49. The van der Waals surface area contributed by atoms with Gasteiger partial charge in [-0.3, -0.25) is 4.79 Å². The molecule has 1 aromatic carbocycles. The quantitative estimate of drug-likeness (QED) is 0.660. The summed E-state index contributed by atoms with van der Waals surface area (Å²) in [5.74, 6) is 5.20. The molecule has 1 aliphatic rings. The number of methoxy groups -OCH3 is 2. The molecule has 5 nitrogen and oxygen atoms in total. The van der Waals surface area contributed by atoms with Crippen molar-refractivity contribution in [1.82, 2.24) is 5.32 Å². The van der Waals surface area contributed by atoms with E-state index in [-0.39, 0.29) is 5.97 Å². The second kappa shape index (κ2) is 7.10. The molecule has 116 valence electrons. The molecule has 1 saturated heterocycles. The van der Waals surface area contributed by atoms with Crippen molar-refractivity contribution in [3.63, 3.8) is 0 Å². The largest absolute Gasteiger partial charge is 0.468 e. The maximum Gasteiger partial charge on any atom is 0.339 e. The lowest BCUT2D eigenvalue weighted by Crippen LogP contribution is -2.45. The summed E-state index contributed by atoms with van der Waals surface area (Å²) >= 11 is 0. The van der Waals surface area contributed by atoms with E-state index in [4.69, 9.17) is 9.47 Å². The second-order valence-corrected chi connectivity index (χ2v) is 5.14. The van der Waals surface area contributed by atoms with Crippen molar-refractivity contribution < 1.29 is 19.1 Å². The van der Waals surface area contributed by atoms with Crippen LogP contribution in [0.15, 0.2) is 24.3 Å². The molecule has 0 bridgehead atoms. The maximum atomic E-state index is 12.1. The van der Waals surface area contributed by atoms with Gasteiger partial charge in [0, 0.05) is 12.1 Å². The van der Waals surface area contributed by atoms with E-state index in [2.05, 4.69) is 17.2 Å². The lowest BCUT2D eigenvalue weighted by atomic mass is 9.81. The summed E-state index contributed by atoms with van der Waals surface area (Å²) in [5, 5.41) is 3.18. The van der Waals surface area contributed by atoms with Crippen molar-refractivity contribution in [1.29, 1.82) is 0 Å². The zero-order valence-electron chi connectivity index (χ0n) is 12.8. The molecule has 1 heterocycles. The standard InChI is InChI=1S/C17H19NO4/c1-21-15(19)14-7-4-3-6-13(14)8-10-17(16(20)22-2)9-5-11-18-12-17/h3-4,6-7,18H,5,9,11-12H2,1-2H3. The molecule has 1 fully saturated rings. The number of carbonyl (C=O) groups excluding carboxylic acids is 2. The third-order valence-corrected chi connectivity index (χ3v) is 3.73. The van der Waals surface area contributed by atoms with E-state index < -0.39 is 11.4 Å². The van der Waals surface area contributed by atoms with Gasteiger partial charge in [-0.15, -0.1) is 0 Å². The highest BCUT2D eigenvalue weighted by Gasteiger charge is 2.39. The van der Waals surface area contributed by atoms with Gasteiger partial charge in [-0.2, -0.15) is 0 Å². The second-order valence-electron chi connectivity index (χ2n) is 5.14.